The standard InChI is InChI=1S/C45H73FN2O11/c1-12-31-20-25(2)39(46)26(3)21-37(56-10)41-38(57-11)22-28(5)45(54,59-41)42(51)43(52)48-18-14-13-15-33(48)44(53)58-40(29(6)34(49)24-35(31)50)27(4)19-30-16-17-32(47(7)8)36(23-30)55-9/h19-20,26,28-34,36-41,49,54H,12-18,21-24H2,1-11H3/b25-20+,27-19?. The van der Waals surface area contributed by atoms with Gasteiger partial charge in [-0.2, -0.15) is 0 Å². The quantitative estimate of drug-likeness (QED) is 0.201. The fraction of sp³-hybridized carbons (Fsp3) is 0.822. The van der Waals surface area contributed by atoms with Crippen LogP contribution >= 0.6 is 0 Å². The van der Waals surface area contributed by atoms with Crippen molar-refractivity contribution in [3.63, 3.8) is 0 Å². The third kappa shape index (κ3) is 11.3. The summed E-state index contributed by atoms with van der Waals surface area (Å²) in [5.41, 5.74) is 1.03. The number of carbonyl (C=O) groups is 4. The number of ether oxygens (including phenoxy) is 5. The summed E-state index contributed by atoms with van der Waals surface area (Å²) in [6, 6.07) is -0.907. The van der Waals surface area contributed by atoms with Crippen LogP contribution in [0.25, 0.3) is 0 Å². The molecule has 0 aromatic heterocycles. The lowest BCUT2D eigenvalue weighted by Crippen LogP contribution is -2.64. The highest BCUT2D eigenvalue weighted by Gasteiger charge is 2.57. The lowest BCUT2D eigenvalue weighted by atomic mass is 9.80. The summed E-state index contributed by atoms with van der Waals surface area (Å²) < 4.78 is 46.2. The fourth-order valence-electron chi connectivity index (χ4n) is 9.88. The normalized spacial score (nSPS) is 41.4. The van der Waals surface area contributed by atoms with Crippen LogP contribution in [-0.4, -0.2) is 146 Å². The van der Waals surface area contributed by atoms with Crippen molar-refractivity contribution in [2.45, 2.75) is 166 Å². The smallest absolute Gasteiger partial charge is 0.329 e. The van der Waals surface area contributed by atoms with E-state index in [-0.39, 0.29) is 56.1 Å². The molecule has 59 heavy (non-hydrogen) atoms. The zero-order chi connectivity index (χ0) is 43.9. The van der Waals surface area contributed by atoms with E-state index >= 15 is 4.39 Å². The van der Waals surface area contributed by atoms with E-state index in [1.165, 1.54) is 19.1 Å². The molecule has 4 aliphatic rings. The zero-order valence-electron chi connectivity index (χ0n) is 37.4. The van der Waals surface area contributed by atoms with Crippen LogP contribution in [0, 0.1) is 29.6 Å². The molecule has 0 spiro atoms. The molecule has 0 aromatic carbocycles. The Balaban J connectivity index is 1.78. The second kappa shape index (κ2) is 21.5. The van der Waals surface area contributed by atoms with Crippen LogP contribution in [0.3, 0.4) is 0 Å². The zero-order valence-corrected chi connectivity index (χ0v) is 37.4. The third-order valence-corrected chi connectivity index (χ3v) is 13.8. The van der Waals surface area contributed by atoms with E-state index in [1.54, 1.807) is 40.9 Å². The Kier molecular flexibility index (Phi) is 17.9. The van der Waals surface area contributed by atoms with Gasteiger partial charge in [0.25, 0.3) is 11.7 Å². The van der Waals surface area contributed by atoms with Crippen molar-refractivity contribution in [1.82, 2.24) is 9.80 Å². The maximum absolute atomic E-state index is 16.2. The van der Waals surface area contributed by atoms with Crippen molar-refractivity contribution in [3.8, 4) is 0 Å². The number of piperidine rings is 1. The molecule has 0 radical (unpaired) electrons. The van der Waals surface area contributed by atoms with Crippen LogP contribution in [0.1, 0.15) is 106 Å². The Morgan fingerprint density at radius 3 is 2.24 bits per heavy atom. The van der Waals surface area contributed by atoms with Crippen molar-refractivity contribution in [2.75, 3.05) is 42.0 Å². The molecule has 3 aliphatic heterocycles. The topological polar surface area (TPSA) is 161 Å². The highest BCUT2D eigenvalue weighted by atomic mass is 19.1. The van der Waals surface area contributed by atoms with E-state index < -0.39 is 89.9 Å². The first-order chi connectivity index (χ1) is 27.8. The maximum Gasteiger partial charge on any atom is 0.329 e. The molecule has 2 N–H and O–H groups in total. The van der Waals surface area contributed by atoms with Crippen molar-refractivity contribution in [3.05, 3.63) is 23.3 Å². The number of cyclic esters (lactones) is 1. The number of hydrogen-bond acceptors (Lipinski definition) is 12. The molecule has 3 fully saturated rings. The van der Waals surface area contributed by atoms with Gasteiger partial charge in [-0.15, -0.1) is 0 Å². The second-order valence-corrected chi connectivity index (χ2v) is 18.1. The molecule has 0 aromatic rings. The number of halogens is 1. The summed E-state index contributed by atoms with van der Waals surface area (Å²) in [7, 11) is 8.66. The van der Waals surface area contributed by atoms with Crippen LogP contribution in [-0.2, 0) is 42.9 Å². The van der Waals surface area contributed by atoms with E-state index in [2.05, 4.69) is 11.0 Å². The monoisotopic (exact) mass is 837 g/mol. The molecule has 1 aliphatic carbocycles. The Bertz CT molecular complexity index is 1520. The fourth-order valence-corrected chi connectivity index (χ4v) is 9.88. The van der Waals surface area contributed by atoms with Gasteiger partial charge in [-0.3, -0.25) is 14.4 Å². The summed E-state index contributed by atoms with van der Waals surface area (Å²) in [6.45, 7) is 10.4. The van der Waals surface area contributed by atoms with E-state index in [9.17, 15) is 29.4 Å². The first-order valence-electron chi connectivity index (χ1n) is 21.7. The van der Waals surface area contributed by atoms with Gasteiger partial charge < -0.3 is 43.7 Å². The molecule has 14 heteroatoms. The molecule has 336 valence electrons. The lowest BCUT2D eigenvalue weighted by molar-refractivity contribution is -0.302. The molecule has 15 atom stereocenters. The number of hydrogen-bond donors (Lipinski definition) is 2. The Hall–Kier alpha value is -2.59. The lowest BCUT2D eigenvalue weighted by Gasteiger charge is -2.47. The number of rotatable bonds is 7. The summed E-state index contributed by atoms with van der Waals surface area (Å²) in [5, 5.41) is 23.7. The van der Waals surface area contributed by atoms with Gasteiger partial charge in [-0.25, -0.2) is 9.18 Å². The number of likely N-dealkylation sites (N-methyl/N-ethyl adjacent to an activating group) is 1. The van der Waals surface area contributed by atoms with Gasteiger partial charge in [-0.05, 0) is 109 Å². The number of esters is 1. The predicted octanol–water partition coefficient (Wildman–Crippen LogP) is 4.99. The van der Waals surface area contributed by atoms with Crippen LogP contribution in [0.4, 0.5) is 4.39 Å². The molecular formula is C45H73FN2O11. The number of carbonyl (C=O) groups excluding carboxylic acids is 4. The first-order valence-corrected chi connectivity index (χ1v) is 21.7. The third-order valence-electron chi connectivity index (χ3n) is 13.8. The number of ketones is 2. The number of amides is 1. The molecule has 1 amide bonds. The molecule has 2 saturated heterocycles. The number of methoxy groups -OCH3 is 3. The van der Waals surface area contributed by atoms with E-state index in [1.807, 2.05) is 27.9 Å². The van der Waals surface area contributed by atoms with Crippen LogP contribution in [0.5, 0.6) is 0 Å². The largest absolute Gasteiger partial charge is 0.456 e. The number of fused-ring (bicyclic) bond motifs is 3. The van der Waals surface area contributed by atoms with Crippen LogP contribution in [0.15, 0.2) is 23.3 Å². The van der Waals surface area contributed by atoms with E-state index in [0.29, 0.717) is 30.4 Å². The molecular weight excluding hydrogens is 763 g/mol. The van der Waals surface area contributed by atoms with Gasteiger partial charge in [0, 0.05) is 58.1 Å². The van der Waals surface area contributed by atoms with Gasteiger partial charge in [0.1, 0.15) is 30.2 Å². The molecule has 15 unspecified atom stereocenters. The summed E-state index contributed by atoms with van der Waals surface area (Å²) in [5.74, 6) is -8.79. The maximum atomic E-state index is 16.2. The number of allylic oxidation sites excluding steroid dienone is 3. The van der Waals surface area contributed by atoms with Gasteiger partial charge in [0.05, 0.1) is 24.4 Å². The summed E-state index contributed by atoms with van der Waals surface area (Å²) in [6.07, 6.45) is 1.55. The van der Waals surface area contributed by atoms with Gasteiger partial charge in [0.2, 0.25) is 5.79 Å². The van der Waals surface area contributed by atoms with E-state index in [0.717, 1.165) is 19.3 Å². The highest BCUT2D eigenvalue weighted by molar-refractivity contribution is 6.39. The number of alkyl halides is 1. The Morgan fingerprint density at radius 1 is 0.983 bits per heavy atom. The Morgan fingerprint density at radius 2 is 1.63 bits per heavy atom. The van der Waals surface area contributed by atoms with Crippen LogP contribution in [0.2, 0.25) is 0 Å². The number of aliphatic hydroxyl groups excluding tert-OH is 1. The van der Waals surface area contributed by atoms with Crippen molar-refractivity contribution >= 4 is 23.4 Å². The number of Topliss-reactive ketones (excluding diaryl/α,β-unsaturated/α-hetero) is 2. The minimum absolute atomic E-state index is 0.0189. The average Bonchev–Trinajstić information content (AvgIpc) is 3.22. The van der Waals surface area contributed by atoms with Crippen LogP contribution < -0.4 is 0 Å². The molecule has 13 nitrogen and oxygen atoms in total. The molecule has 2 bridgehead atoms. The predicted molar refractivity (Wildman–Crippen MR) is 220 cm³/mol. The van der Waals surface area contributed by atoms with Gasteiger partial charge in [-0.1, -0.05) is 39.8 Å². The Labute approximate surface area is 351 Å². The first kappa shape index (κ1) is 49.1. The van der Waals surface area contributed by atoms with E-state index in [4.69, 9.17) is 23.7 Å². The number of aliphatic hydroxyl groups is 2. The molecule has 1 saturated carbocycles. The van der Waals surface area contributed by atoms with Gasteiger partial charge >= 0.3 is 5.97 Å². The summed E-state index contributed by atoms with van der Waals surface area (Å²) >= 11 is 0. The number of nitrogens with zero attached hydrogens (tertiary/aromatic N) is 2. The average molecular weight is 837 g/mol. The SMILES string of the molecule is CCC1/C=C(\C)C(F)C(C)CC(OC)C2OC(O)(C(=O)C(=O)N3CCCCC3C(=O)OC(C(C)=CC3CCC(N(C)C)C(OC)C3)C(C)C(O)CC1=O)C(C)CC2OC. The minimum atomic E-state index is -2.59. The molecule has 4 rings (SSSR count). The van der Waals surface area contributed by atoms with Gasteiger partial charge in [0.15, 0.2) is 0 Å². The molecule has 3 heterocycles. The van der Waals surface area contributed by atoms with Crippen molar-refractivity contribution in [2.24, 2.45) is 29.6 Å². The highest BCUT2D eigenvalue weighted by Crippen LogP contribution is 2.40. The minimum Gasteiger partial charge on any atom is -0.456 e. The van der Waals surface area contributed by atoms with Crippen molar-refractivity contribution < 1.29 is 57.5 Å². The summed E-state index contributed by atoms with van der Waals surface area (Å²) in [4.78, 5) is 60.1. The second-order valence-electron chi connectivity index (χ2n) is 18.1. The van der Waals surface area contributed by atoms with Crippen molar-refractivity contribution in [1.29, 1.82) is 0 Å².